The largest absolute Gasteiger partial charge is 0.508 e. The second-order valence-electron chi connectivity index (χ2n) is 4.75. The van der Waals surface area contributed by atoms with Gasteiger partial charge in [0.1, 0.15) is 13.2 Å². The molecule has 0 aliphatic heterocycles. The van der Waals surface area contributed by atoms with Crippen molar-refractivity contribution >= 4 is 12.3 Å². The van der Waals surface area contributed by atoms with Crippen molar-refractivity contribution in [3.05, 3.63) is 35.4 Å². The van der Waals surface area contributed by atoms with Crippen LogP contribution >= 0.6 is 0 Å². The van der Waals surface area contributed by atoms with Crippen LogP contribution < -0.4 is 0 Å². The standard InChI is InChI=1S/C16H22O8/c17-7-1-9-21-15(19)23-11-13-3-5-14(6-4-13)12-24-16(20)22-10-2-8-18/h3-6,17-18H,1-2,7-12H2. The van der Waals surface area contributed by atoms with E-state index in [1.54, 1.807) is 24.3 Å². The summed E-state index contributed by atoms with van der Waals surface area (Å²) in [6.07, 6.45) is -0.846. The van der Waals surface area contributed by atoms with E-state index in [1.807, 2.05) is 0 Å². The van der Waals surface area contributed by atoms with E-state index < -0.39 is 12.3 Å². The fourth-order valence-corrected chi connectivity index (χ4v) is 1.54. The summed E-state index contributed by atoms with van der Waals surface area (Å²) in [7, 11) is 0. The zero-order valence-corrected chi connectivity index (χ0v) is 13.3. The van der Waals surface area contributed by atoms with Crippen LogP contribution in [0, 0.1) is 0 Å². The molecule has 24 heavy (non-hydrogen) atoms. The normalized spacial score (nSPS) is 10.1. The first-order chi connectivity index (χ1) is 11.7. The van der Waals surface area contributed by atoms with Crippen LogP contribution in [0.15, 0.2) is 24.3 Å². The Bertz CT molecular complexity index is 440. The number of carbonyl (C=O) groups is 2. The Hall–Kier alpha value is -2.32. The molecule has 0 aliphatic carbocycles. The molecule has 1 aromatic carbocycles. The zero-order valence-electron chi connectivity index (χ0n) is 13.3. The van der Waals surface area contributed by atoms with Gasteiger partial charge in [0.05, 0.1) is 13.2 Å². The topological polar surface area (TPSA) is 112 Å². The van der Waals surface area contributed by atoms with Gasteiger partial charge in [-0.3, -0.25) is 0 Å². The first-order valence-electron chi connectivity index (χ1n) is 7.54. The van der Waals surface area contributed by atoms with Crippen molar-refractivity contribution < 1.29 is 38.7 Å². The van der Waals surface area contributed by atoms with Gasteiger partial charge >= 0.3 is 12.3 Å². The summed E-state index contributed by atoms with van der Waals surface area (Å²) in [5.41, 5.74) is 1.51. The van der Waals surface area contributed by atoms with Gasteiger partial charge in [-0.05, 0) is 11.1 Å². The lowest BCUT2D eigenvalue weighted by Crippen LogP contribution is -2.10. The van der Waals surface area contributed by atoms with Crippen LogP contribution in [-0.2, 0) is 32.2 Å². The maximum Gasteiger partial charge on any atom is 0.508 e. The molecule has 134 valence electrons. The number of hydrogen-bond acceptors (Lipinski definition) is 8. The summed E-state index contributed by atoms with van der Waals surface area (Å²) in [4.78, 5) is 22.5. The van der Waals surface area contributed by atoms with Crippen LogP contribution in [0.1, 0.15) is 24.0 Å². The van der Waals surface area contributed by atoms with E-state index in [2.05, 4.69) is 0 Å². The molecule has 0 saturated carbocycles. The molecule has 8 nitrogen and oxygen atoms in total. The molecule has 0 saturated heterocycles. The molecule has 0 aromatic heterocycles. The Balaban J connectivity index is 2.25. The van der Waals surface area contributed by atoms with Crippen LogP contribution in [0.3, 0.4) is 0 Å². The van der Waals surface area contributed by atoms with E-state index in [4.69, 9.17) is 29.2 Å². The van der Waals surface area contributed by atoms with Gasteiger partial charge in [-0.25, -0.2) is 9.59 Å². The molecule has 0 fully saturated rings. The van der Waals surface area contributed by atoms with Crippen molar-refractivity contribution in [1.82, 2.24) is 0 Å². The number of ether oxygens (including phenoxy) is 4. The second-order valence-corrected chi connectivity index (χ2v) is 4.75. The summed E-state index contributed by atoms with van der Waals surface area (Å²) in [6.45, 7) is 0.238. The predicted molar refractivity (Wildman–Crippen MR) is 82.1 cm³/mol. The number of aliphatic hydroxyl groups is 2. The molecular formula is C16H22O8. The average Bonchev–Trinajstić information content (AvgIpc) is 2.59. The van der Waals surface area contributed by atoms with Gasteiger partial charge in [-0.1, -0.05) is 24.3 Å². The van der Waals surface area contributed by atoms with Crippen LogP contribution in [0.4, 0.5) is 9.59 Å². The zero-order chi connectivity index (χ0) is 17.6. The lowest BCUT2D eigenvalue weighted by molar-refractivity contribution is 0.0446. The minimum atomic E-state index is -0.790. The summed E-state index contributed by atoms with van der Waals surface area (Å²) < 4.78 is 19.2. The molecule has 0 atom stereocenters. The first-order valence-corrected chi connectivity index (χ1v) is 7.54. The van der Waals surface area contributed by atoms with Crippen molar-refractivity contribution in [2.75, 3.05) is 26.4 Å². The van der Waals surface area contributed by atoms with Gasteiger partial charge in [0, 0.05) is 26.1 Å². The molecule has 0 amide bonds. The number of rotatable bonds is 10. The van der Waals surface area contributed by atoms with Crippen molar-refractivity contribution in [2.24, 2.45) is 0 Å². The lowest BCUT2D eigenvalue weighted by Gasteiger charge is -2.08. The molecule has 0 bridgehead atoms. The van der Waals surface area contributed by atoms with Crippen molar-refractivity contribution in [2.45, 2.75) is 26.1 Å². The Morgan fingerprint density at radius 2 is 1.08 bits per heavy atom. The predicted octanol–water partition coefficient (Wildman–Crippen LogP) is 1.76. The average molecular weight is 342 g/mol. The fourth-order valence-electron chi connectivity index (χ4n) is 1.54. The van der Waals surface area contributed by atoms with E-state index in [0.717, 1.165) is 11.1 Å². The highest BCUT2D eigenvalue weighted by Gasteiger charge is 2.06. The summed E-state index contributed by atoms with van der Waals surface area (Å²) in [5.74, 6) is 0. The molecule has 0 heterocycles. The molecule has 0 unspecified atom stereocenters. The molecule has 1 rings (SSSR count). The third kappa shape index (κ3) is 8.96. The smallest absolute Gasteiger partial charge is 0.434 e. The van der Waals surface area contributed by atoms with E-state index in [-0.39, 0.29) is 39.6 Å². The van der Waals surface area contributed by atoms with E-state index in [9.17, 15) is 9.59 Å². The third-order valence-electron chi connectivity index (χ3n) is 2.78. The quantitative estimate of drug-likeness (QED) is 0.489. The number of benzene rings is 1. The second kappa shape index (κ2) is 12.1. The highest BCUT2D eigenvalue weighted by Crippen LogP contribution is 2.08. The van der Waals surface area contributed by atoms with E-state index >= 15 is 0 Å². The fraction of sp³-hybridized carbons (Fsp3) is 0.500. The summed E-state index contributed by atoms with van der Waals surface area (Å²) in [5, 5.41) is 17.1. The SMILES string of the molecule is O=C(OCCCO)OCc1ccc(COC(=O)OCCCO)cc1. The maximum atomic E-state index is 11.2. The Morgan fingerprint density at radius 1 is 0.708 bits per heavy atom. The monoisotopic (exact) mass is 342 g/mol. The molecule has 2 N–H and O–H groups in total. The van der Waals surface area contributed by atoms with Gasteiger partial charge < -0.3 is 29.2 Å². The maximum absolute atomic E-state index is 11.2. The summed E-state index contributed by atoms with van der Waals surface area (Å²) >= 11 is 0. The van der Waals surface area contributed by atoms with Gasteiger partial charge in [0.25, 0.3) is 0 Å². The Morgan fingerprint density at radius 3 is 1.42 bits per heavy atom. The minimum Gasteiger partial charge on any atom is -0.434 e. The van der Waals surface area contributed by atoms with Crippen LogP contribution in [0.2, 0.25) is 0 Å². The Kier molecular flexibility index (Phi) is 9.98. The molecular weight excluding hydrogens is 320 g/mol. The highest BCUT2D eigenvalue weighted by atomic mass is 16.7. The summed E-state index contributed by atoms with van der Waals surface area (Å²) in [6, 6.07) is 6.93. The van der Waals surface area contributed by atoms with E-state index in [0.29, 0.717) is 12.8 Å². The first kappa shape index (κ1) is 19.7. The number of hydrogen-bond donors (Lipinski definition) is 2. The van der Waals surface area contributed by atoms with Gasteiger partial charge in [0.15, 0.2) is 0 Å². The number of aliphatic hydroxyl groups excluding tert-OH is 2. The van der Waals surface area contributed by atoms with Crippen molar-refractivity contribution in [3.63, 3.8) is 0 Å². The number of carbonyl (C=O) groups excluding carboxylic acids is 2. The van der Waals surface area contributed by atoms with Crippen molar-refractivity contribution in [1.29, 1.82) is 0 Å². The molecule has 0 radical (unpaired) electrons. The third-order valence-corrected chi connectivity index (χ3v) is 2.78. The van der Waals surface area contributed by atoms with Gasteiger partial charge in [-0.2, -0.15) is 0 Å². The lowest BCUT2D eigenvalue weighted by atomic mass is 10.1. The van der Waals surface area contributed by atoms with Gasteiger partial charge in [0.2, 0.25) is 0 Å². The Labute approximate surface area is 139 Å². The van der Waals surface area contributed by atoms with E-state index in [1.165, 1.54) is 0 Å². The molecule has 1 aromatic rings. The highest BCUT2D eigenvalue weighted by molar-refractivity contribution is 5.60. The minimum absolute atomic E-state index is 0.0498. The molecule has 0 aliphatic rings. The molecule has 8 heteroatoms. The van der Waals surface area contributed by atoms with Crippen LogP contribution in [0.5, 0.6) is 0 Å². The van der Waals surface area contributed by atoms with Crippen LogP contribution in [-0.4, -0.2) is 49.0 Å². The van der Waals surface area contributed by atoms with Crippen molar-refractivity contribution in [3.8, 4) is 0 Å². The van der Waals surface area contributed by atoms with Crippen LogP contribution in [0.25, 0.3) is 0 Å². The van der Waals surface area contributed by atoms with Gasteiger partial charge in [-0.15, -0.1) is 0 Å². The molecule has 0 spiro atoms.